The van der Waals surface area contributed by atoms with Gasteiger partial charge in [-0.2, -0.15) is 0 Å². The Morgan fingerprint density at radius 2 is 1.54 bits per heavy atom. The number of phenols is 1. The zero-order chi connectivity index (χ0) is 29.7. The quantitative estimate of drug-likeness (QED) is 0.367. The maximum atomic E-state index is 14.4. The first-order chi connectivity index (χ1) is 18.0. The lowest BCUT2D eigenvalue weighted by Gasteiger charge is -2.44. The van der Waals surface area contributed by atoms with Crippen LogP contribution in [0.1, 0.15) is 84.5 Å². The zero-order valence-corrected chi connectivity index (χ0v) is 25.0. The average molecular weight is 540 g/mol. The van der Waals surface area contributed by atoms with Crippen molar-refractivity contribution in [2.75, 3.05) is 5.32 Å². The summed E-state index contributed by atoms with van der Waals surface area (Å²) in [4.78, 5) is 42.7. The van der Waals surface area contributed by atoms with E-state index in [9.17, 15) is 19.5 Å². The second kappa shape index (κ2) is 12.5. The fourth-order valence-corrected chi connectivity index (χ4v) is 4.33. The number of para-hydroxylation sites is 2. The number of rotatable bonds is 8. The fourth-order valence-electron chi connectivity index (χ4n) is 4.33. The number of carbonyl (C=O) groups excluding carboxylic acids is 3. The molecule has 0 radical (unpaired) electrons. The van der Waals surface area contributed by atoms with E-state index in [0.717, 1.165) is 5.56 Å². The summed E-state index contributed by atoms with van der Waals surface area (Å²) < 4.78 is 5.46. The number of anilines is 1. The SMILES string of the molecule is CCC(C)C(NC(=O)OC(C)(C)C)C(=O)N(C(C(=O)Nc1ccccc1C)c1cccc(C)c1O)C(C)(C)C. The van der Waals surface area contributed by atoms with E-state index in [0.29, 0.717) is 23.2 Å². The van der Waals surface area contributed by atoms with Crippen LogP contribution in [-0.4, -0.2) is 45.1 Å². The molecule has 0 aliphatic carbocycles. The highest BCUT2D eigenvalue weighted by Crippen LogP contribution is 2.37. The second-order valence-corrected chi connectivity index (χ2v) is 12.1. The summed E-state index contributed by atoms with van der Waals surface area (Å²) in [6.45, 7) is 18.1. The molecular formula is C31H45N3O5. The molecule has 2 rings (SSSR count). The Kier molecular flexibility index (Phi) is 10.2. The highest BCUT2D eigenvalue weighted by molar-refractivity contribution is 6.00. The smallest absolute Gasteiger partial charge is 0.408 e. The Balaban J connectivity index is 2.68. The van der Waals surface area contributed by atoms with Gasteiger partial charge in [0, 0.05) is 16.8 Å². The molecule has 0 spiro atoms. The summed E-state index contributed by atoms with van der Waals surface area (Å²) >= 11 is 0. The number of carbonyl (C=O) groups is 3. The van der Waals surface area contributed by atoms with Crippen LogP contribution in [0.25, 0.3) is 0 Å². The maximum absolute atomic E-state index is 14.4. The average Bonchev–Trinajstić information content (AvgIpc) is 2.81. The minimum atomic E-state index is -1.19. The van der Waals surface area contributed by atoms with Crippen molar-refractivity contribution in [3.63, 3.8) is 0 Å². The third-order valence-electron chi connectivity index (χ3n) is 6.58. The number of nitrogens with one attached hydrogen (secondary N) is 2. The number of hydrogen-bond donors (Lipinski definition) is 3. The Morgan fingerprint density at radius 1 is 0.949 bits per heavy atom. The van der Waals surface area contributed by atoms with Crippen LogP contribution in [0.5, 0.6) is 5.75 Å². The van der Waals surface area contributed by atoms with Gasteiger partial charge in [-0.3, -0.25) is 9.59 Å². The third-order valence-corrected chi connectivity index (χ3v) is 6.58. The van der Waals surface area contributed by atoms with E-state index < -0.39 is 41.1 Å². The Bertz CT molecular complexity index is 1180. The van der Waals surface area contributed by atoms with E-state index in [2.05, 4.69) is 10.6 Å². The molecule has 0 aliphatic heterocycles. The Hall–Kier alpha value is -3.55. The summed E-state index contributed by atoms with van der Waals surface area (Å²) in [6, 6.07) is 10.3. The molecule has 2 aromatic rings. The van der Waals surface area contributed by atoms with Crippen molar-refractivity contribution in [3.8, 4) is 5.75 Å². The molecule has 8 nitrogen and oxygen atoms in total. The van der Waals surface area contributed by atoms with Gasteiger partial charge in [0.25, 0.3) is 5.91 Å². The predicted octanol–water partition coefficient (Wildman–Crippen LogP) is 6.26. The summed E-state index contributed by atoms with van der Waals surface area (Å²) in [5.41, 5.74) is 0.710. The van der Waals surface area contributed by atoms with Crippen molar-refractivity contribution < 1.29 is 24.2 Å². The van der Waals surface area contributed by atoms with Crippen molar-refractivity contribution in [2.45, 2.75) is 98.9 Å². The molecule has 3 amide bonds. The minimum absolute atomic E-state index is 0.0651. The van der Waals surface area contributed by atoms with Gasteiger partial charge in [-0.15, -0.1) is 0 Å². The van der Waals surface area contributed by atoms with Crippen LogP contribution >= 0.6 is 0 Å². The summed E-state index contributed by atoms with van der Waals surface area (Å²) in [5, 5.41) is 16.8. The molecular weight excluding hydrogens is 494 g/mol. The number of ether oxygens (including phenoxy) is 1. The molecule has 0 saturated heterocycles. The van der Waals surface area contributed by atoms with Crippen molar-refractivity contribution in [1.82, 2.24) is 10.2 Å². The zero-order valence-electron chi connectivity index (χ0n) is 25.0. The second-order valence-electron chi connectivity index (χ2n) is 12.1. The third kappa shape index (κ3) is 8.22. The largest absolute Gasteiger partial charge is 0.507 e. The number of amides is 3. The number of phenolic OH excluding ortho intramolecular Hbond substituents is 1. The van der Waals surface area contributed by atoms with E-state index in [1.54, 1.807) is 52.0 Å². The first-order valence-corrected chi connectivity index (χ1v) is 13.5. The molecule has 3 N–H and O–H groups in total. The predicted molar refractivity (Wildman–Crippen MR) is 155 cm³/mol. The molecule has 0 aromatic heterocycles. The first kappa shape index (κ1) is 31.7. The molecule has 0 saturated carbocycles. The molecule has 0 fully saturated rings. The van der Waals surface area contributed by atoms with E-state index >= 15 is 0 Å². The molecule has 3 unspecified atom stereocenters. The molecule has 3 atom stereocenters. The molecule has 8 heteroatoms. The van der Waals surface area contributed by atoms with Gasteiger partial charge >= 0.3 is 6.09 Å². The molecule has 39 heavy (non-hydrogen) atoms. The summed E-state index contributed by atoms with van der Waals surface area (Å²) in [5.74, 6) is -1.26. The van der Waals surface area contributed by atoms with Crippen LogP contribution in [0.15, 0.2) is 42.5 Å². The van der Waals surface area contributed by atoms with Crippen LogP contribution in [0.3, 0.4) is 0 Å². The van der Waals surface area contributed by atoms with Gasteiger partial charge in [-0.05, 0) is 78.5 Å². The summed E-state index contributed by atoms with van der Waals surface area (Å²) in [7, 11) is 0. The van der Waals surface area contributed by atoms with Crippen LogP contribution < -0.4 is 10.6 Å². The topological polar surface area (TPSA) is 108 Å². The number of aromatic hydroxyl groups is 1. The van der Waals surface area contributed by atoms with Crippen LogP contribution in [-0.2, 0) is 14.3 Å². The van der Waals surface area contributed by atoms with E-state index in [4.69, 9.17) is 4.74 Å². The fraction of sp³-hybridized carbons (Fsp3) is 0.516. The van der Waals surface area contributed by atoms with Gasteiger partial charge in [0.2, 0.25) is 5.91 Å². The van der Waals surface area contributed by atoms with Gasteiger partial charge in [0.05, 0.1) is 0 Å². The molecule has 0 heterocycles. The lowest BCUT2D eigenvalue weighted by Crippen LogP contribution is -2.59. The van der Waals surface area contributed by atoms with Crippen molar-refractivity contribution in [2.24, 2.45) is 5.92 Å². The molecule has 214 valence electrons. The van der Waals surface area contributed by atoms with Gasteiger partial charge in [-0.1, -0.05) is 56.7 Å². The molecule has 0 bridgehead atoms. The standard InChI is InChI=1S/C31H45N3O5/c1-11-19(2)24(33-29(38)39-31(8,9)10)28(37)34(30(5,6)7)25(22-17-14-16-21(4)26(22)35)27(36)32-23-18-13-12-15-20(23)3/h12-19,24-25,35H,11H2,1-10H3,(H,32,36)(H,33,38). The Labute approximate surface area is 233 Å². The monoisotopic (exact) mass is 539 g/mol. The first-order valence-electron chi connectivity index (χ1n) is 13.5. The van der Waals surface area contributed by atoms with Crippen molar-refractivity contribution in [3.05, 3.63) is 59.2 Å². The van der Waals surface area contributed by atoms with Crippen LogP contribution in [0, 0.1) is 19.8 Å². The van der Waals surface area contributed by atoms with E-state index in [1.807, 2.05) is 59.7 Å². The lowest BCUT2D eigenvalue weighted by molar-refractivity contribution is -0.148. The number of aryl methyl sites for hydroxylation is 2. The minimum Gasteiger partial charge on any atom is -0.507 e. The molecule has 0 aliphatic rings. The maximum Gasteiger partial charge on any atom is 0.408 e. The van der Waals surface area contributed by atoms with E-state index in [1.165, 1.54) is 4.90 Å². The number of alkyl carbamates (subject to hydrolysis) is 1. The van der Waals surface area contributed by atoms with Crippen LogP contribution in [0.4, 0.5) is 10.5 Å². The van der Waals surface area contributed by atoms with Gasteiger partial charge < -0.3 is 25.4 Å². The summed E-state index contributed by atoms with van der Waals surface area (Å²) in [6.07, 6.45) is -0.116. The number of benzene rings is 2. The van der Waals surface area contributed by atoms with Crippen molar-refractivity contribution >= 4 is 23.6 Å². The van der Waals surface area contributed by atoms with Crippen molar-refractivity contribution in [1.29, 1.82) is 0 Å². The Morgan fingerprint density at radius 3 is 2.08 bits per heavy atom. The normalized spacial score (nSPS) is 14.1. The van der Waals surface area contributed by atoms with E-state index in [-0.39, 0.29) is 11.7 Å². The van der Waals surface area contributed by atoms with Gasteiger partial charge in [0.1, 0.15) is 23.4 Å². The van der Waals surface area contributed by atoms with Gasteiger partial charge in [-0.25, -0.2) is 4.79 Å². The van der Waals surface area contributed by atoms with Gasteiger partial charge in [0.15, 0.2) is 0 Å². The highest BCUT2D eigenvalue weighted by Gasteiger charge is 2.44. The number of nitrogens with zero attached hydrogens (tertiary/aromatic N) is 1. The number of hydrogen-bond acceptors (Lipinski definition) is 5. The molecule has 2 aromatic carbocycles. The van der Waals surface area contributed by atoms with Crippen LogP contribution in [0.2, 0.25) is 0 Å². The lowest BCUT2D eigenvalue weighted by atomic mass is 9.90. The highest BCUT2D eigenvalue weighted by atomic mass is 16.6.